The quantitative estimate of drug-likeness (QED) is 0.894. The van der Waals surface area contributed by atoms with Crippen molar-refractivity contribution in [2.45, 2.75) is 20.4 Å². The number of carboxylic acids is 1. The maximum Gasteiger partial charge on any atom is 0.310 e. The zero-order chi connectivity index (χ0) is 14.0. The van der Waals surface area contributed by atoms with Gasteiger partial charge in [-0.15, -0.1) is 16.4 Å². The topological polar surface area (TPSA) is 90.1 Å². The van der Waals surface area contributed by atoms with Gasteiger partial charge in [-0.25, -0.2) is 4.68 Å². The van der Waals surface area contributed by atoms with Crippen LogP contribution in [0.1, 0.15) is 13.8 Å². The lowest BCUT2D eigenvalue weighted by Crippen LogP contribution is -2.30. The minimum absolute atomic E-state index is 0.186. The molecule has 1 N–H and O–H groups in total. The monoisotopic (exact) mass is 282 g/mol. The maximum atomic E-state index is 11.2. The first-order chi connectivity index (χ1) is 8.95. The maximum absolute atomic E-state index is 11.2. The van der Waals surface area contributed by atoms with Crippen molar-refractivity contribution >= 4 is 17.3 Å². The third-order valence-electron chi connectivity index (χ3n) is 2.71. The van der Waals surface area contributed by atoms with Crippen molar-refractivity contribution in [3.05, 3.63) is 11.4 Å². The van der Waals surface area contributed by atoms with Crippen LogP contribution in [0.3, 0.4) is 0 Å². The van der Waals surface area contributed by atoms with Gasteiger partial charge in [0.15, 0.2) is 5.82 Å². The molecule has 19 heavy (non-hydrogen) atoms. The van der Waals surface area contributed by atoms with Crippen molar-refractivity contribution in [1.82, 2.24) is 20.2 Å². The van der Waals surface area contributed by atoms with Gasteiger partial charge in [0.05, 0.1) is 19.1 Å². The lowest BCUT2D eigenvalue weighted by Gasteiger charge is -2.18. The summed E-state index contributed by atoms with van der Waals surface area (Å²) >= 11 is 1.44. The number of carbonyl (C=O) groups is 1. The first-order valence-corrected chi connectivity index (χ1v) is 6.45. The summed E-state index contributed by atoms with van der Waals surface area (Å²) in [6, 6.07) is 1.82. The standard InChI is InChI=1S/C11H14N4O3S/c1-11(2,10(16)17)6-15-9(12-13-14-15)8-7(18-3)4-5-19-8/h4-5H,6H2,1-3H3,(H,16,17). The van der Waals surface area contributed by atoms with E-state index in [1.165, 1.54) is 16.0 Å². The highest BCUT2D eigenvalue weighted by molar-refractivity contribution is 7.13. The van der Waals surface area contributed by atoms with Crippen molar-refractivity contribution in [2.24, 2.45) is 5.41 Å². The van der Waals surface area contributed by atoms with E-state index in [9.17, 15) is 4.79 Å². The molecule has 0 atom stereocenters. The number of nitrogens with zero attached hydrogens (tertiary/aromatic N) is 4. The lowest BCUT2D eigenvalue weighted by molar-refractivity contribution is -0.147. The van der Waals surface area contributed by atoms with E-state index in [0.717, 1.165) is 4.88 Å². The van der Waals surface area contributed by atoms with Gasteiger partial charge in [0.2, 0.25) is 0 Å². The summed E-state index contributed by atoms with van der Waals surface area (Å²) in [7, 11) is 1.57. The Hall–Kier alpha value is -1.96. The van der Waals surface area contributed by atoms with E-state index in [1.807, 2.05) is 11.4 Å². The summed E-state index contributed by atoms with van der Waals surface area (Å²) in [5.74, 6) is 0.294. The summed E-state index contributed by atoms with van der Waals surface area (Å²) in [6.45, 7) is 3.45. The van der Waals surface area contributed by atoms with Crippen molar-refractivity contribution < 1.29 is 14.6 Å². The molecule has 0 fully saturated rings. The molecule has 2 heterocycles. The zero-order valence-electron chi connectivity index (χ0n) is 10.8. The number of methoxy groups -OCH3 is 1. The molecule has 0 aromatic carbocycles. The molecule has 0 amide bonds. The van der Waals surface area contributed by atoms with Crippen LogP contribution in [0.4, 0.5) is 0 Å². The number of rotatable bonds is 5. The van der Waals surface area contributed by atoms with Gasteiger partial charge >= 0.3 is 5.97 Å². The summed E-state index contributed by atoms with van der Waals surface area (Å²) in [5.41, 5.74) is -0.950. The van der Waals surface area contributed by atoms with Gasteiger partial charge in [-0.05, 0) is 35.7 Å². The Balaban J connectivity index is 2.36. The van der Waals surface area contributed by atoms with Crippen LogP contribution in [0.2, 0.25) is 0 Å². The number of thiophene rings is 1. The van der Waals surface area contributed by atoms with Crippen LogP contribution < -0.4 is 4.74 Å². The van der Waals surface area contributed by atoms with Crippen molar-refractivity contribution in [1.29, 1.82) is 0 Å². The smallest absolute Gasteiger partial charge is 0.310 e. The molecule has 2 rings (SSSR count). The van der Waals surface area contributed by atoms with Crippen LogP contribution in [0.25, 0.3) is 10.7 Å². The van der Waals surface area contributed by atoms with E-state index in [4.69, 9.17) is 9.84 Å². The molecule has 7 nitrogen and oxygen atoms in total. The van der Waals surface area contributed by atoms with E-state index >= 15 is 0 Å². The number of aliphatic carboxylic acids is 1. The lowest BCUT2D eigenvalue weighted by atomic mass is 9.94. The fourth-order valence-electron chi connectivity index (χ4n) is 1.54. The van der Waals surface area contributed by atoms with Gasteiger partial charge < -0.3 is 9.84 Å². The minimum Gasteiger partial charge on any atom is -0.495 e. The average molecular weight is 282 g/mol. The van der Waals surface area contributed by atoms with Gasteiger partial charge in [0.1, 0.15) is 10.6 Å². The highest BCUT2D eigenvalue weighted by Gasteiger charge is 2.30. The highest BCUT2D eigenvalue weighted by atomic mass is 32.1. The fraction of sp³-hybridized carbons (Fsp3) is 0.455. The van der Waals surface area contributed by atoms with Gasteiger partial charge in [-0.3, -0.25) is 4.79 Å². The van der Waals surface area contributed by atoms with Crippen LogP contribution in [-0.4, -0.2) is 38.4 Å². The van der Waals surface area contributed by atoms with E-state index in [2.05, 4.69) is 15.5 Å². The normalized spacial score (nSPS) is 11.5. The molecular formula is C11H14N4O3S. The second-order valence-electron chi connectivity index (χ2n) is 4.67. The van der Waals surface area contributed by atoms with E-state index in [1.54, 1.807) is 21.0 Å². The molecule has 0 aliphatic heterocycles. The number of carboxylic acid groups (broad SMARTS) is 1. The van der Waals surface area contributed by atoms with Crippen LogP contribution in [-0.2, 0) is 11.3 Å². The largest absolute Gasteiger partial charge is 0.495 e. The SMILES string of the molecule is COc1ccsc1-c1nnnn1CC(C)(C)C(=O)O. The number of aromatic nitrogens is 4. The number of hydrogen-bond donors (Lipinski definition) is 1. The number of hydrogen-bond acceptors (Lipinski definition) is 6. The first kappa shape index (κ1) is 13.5. The van der Waals surface area contributed by atoms with Crippen molar-refractivity contribution in [2.75, 3.05) is 7.11 Å². The van der Waals surface area contributed by atoms with Crippen LogP contribution >= 0.6 is 11.3 Å². The molecule has 0 spiro atoms. The Morgan fingerprint density at radius 1 is 1.58 bits per heavy atom. The fourth-order valence-corrected chi connectivity index (χ4v) is 2.38. The molecule has 0 bridgehead atoms. The Labute approximate surface area is 113 Å². The van der Waals surface area contributed by atoms with Crippen molar-refractivity contribution in [3.8, 4) is 16.5 Å². The Morgan fingerprint density at radius 3 is 2.95 bits per heavy atom. The first-order valence-electron chi connectivity index (χ1n) is 5.57. The summed E-state index contributed by atoms with van der Waals surface area (Å²) in [6.07, 6.45) is 0. The number of ether oxygens (including phenoxy) is 1. The zero-order valence-corrected chi connectivity index (χ0v) is 11.6. The van der Waals surface area contributed by atoms with E-state index < -0.39 is 11.4 Å². The Morgan fingerprint density at radius 2 is 2.32 bits per heavy atom. The summed E-state index contributed by atoms with van der Waals surface area (Å²) in [5, 5.41) is 22.5. The minimum atomic E-state index is -0.950. The van der Waals surface area contributed by atoms with Gasteiger partial charge in [-0.1, -0.05) is 0 Å². The molecule has 0 aliphatic rings. The molecule has 0 radical (unpaired) electrons. The second-order valence-corrected chi connectivity index (χ2v) is 5.58. The van der Waals surface area contributed by atoms with Gasteiger partial charge in [-0.2, -0.15) is 0 Å². The molecule has 0 aliphatic carbocycles. The number of tetrazole rings is 1. The molecular weight excluding hydrogens is 268 g/mol. The second kappa shape index (κ2) is 4.96. The molecule has 0 saturated carbocycles. The van der Waals surface area contributed by atoms with Crippen LogP contribution in [0.5, 0.6) is 5.75 Å². The third-order valence-corrected chi connectivity index (χ3v) is 3.60. The van der Waals surface area contributed by atoms with Crippen LogP contribution in [0, 0.1) is 5.41 Å². The predicted octanol–water partition coefficient (Wildman–Crippen LogP) is 1.52. The average Bonchev–Trinajstić information content (AvgIpc) is 2.95. The van der Waals surface area contributed by atoms with Gasteiger partial charge in [0, 0.05) is 0 Å². The molecule has 2 aromatic rings. The van der Waals surface area contributed by atoms with Gasteiger partial charge in [0.25, 0.3) is 0 Å². The molecule has 0 unspecified atom stereocenters. The Kier molecular flexibility index (Phi) is 3.52. The van der Waals surface area contributed by atoms with E-state index in [-0.39, 0.29) is 6.54 Å². The third kappa shape index (κ3) is 2.58. The van der Waals surface area contributed by atoms with Crippen LogP contribution in [0.15, 0.2) is 11.4 Å². The molecule has 102 valence electrons. The summed E-state index contributed by atoms with van der Waals surface area (Å²) < 4.78 is 6.72. The molecule has 8 heteroatoms. The Bertz CT molecular complexity index is 590. The summed E-state index contributed by atoms with van der Waals surface area (Å²) in [4.78, 5) is 12.0. The van der Waals surface area contributed by atoms with E-state index in [0.29, 0.717) is 11.6 Å². The highest BCUT2D eigenvalue weighted by Crippen LogP contribution is 2.34. The molecule has 2 aromatic heterocycles. The predicted molar refractivity (Wildman–Crippen MR) is 69.1 cm³/mol. The molecule has 0 saturated heterocycles. The van der Waals surface area contributed by atoms with Crippen molar-refractivity contribution in [3.63, 3.8) is 0 Å².